The van der Waals surface area contributed by atoms with Crippen LogP contribution in [0.15, 0.2) is 0 Å². The SMILES string of the molecule is CCC1(OC(=O)C(CC(C)(C)C)C(C)(C)C)CC2CCC1C2. The first kappa shape index (κ1) is 17.8. The van der Waals surface area contributed by atoms with Crippen molar-refractivity contribution in [1.82, 2.24) is 0 Å². The number of carbonyl (C=O) groups is 1. The van der Waals surface area contributed by atoms with Gasteiger partial charge in [0.25, 0.3) is 0 Å². The Labute approximate surface area is 137 Å². The Balaban J connectivity index is 2.14. The molecule has 2 bridgehead atoms. The van der Waals surface area contributed by atoms with Crippen molar-refractivity contribution >= 4 is 5.97 Å². The van der Waals surface area contributed by atoms with Crippen molar-refractivity contribution in [3.05, 3.63) is 0 Å². The van der Waals surface area contributed by atoms with Gasteiger partial charge < -0.3 is 4.74 Å². The number of carbonyl (C=O) groups excluding carboxylic acids is 1. The highest BCUT2D eigenvalue weighted by Gasteiger charge is 2.53. The normalized spacial score (nSPS) is 33.0. The van der Waals surface area contributed by atoms with Crippen molar-refractivity contribution in [2.45, 2.75) is 92.6 Å². The number of rotatable bonds is 4. The average Bonchev–Trinajstić information content (AvgIpc) is 2.94. The van der Waals surface area contributed by atoms with Gasteiger partial charge in [0, 0.05) is 0 Å². The van der Waals surface area contributed by atoms with Crippen molar-refractivity contribution in [1.29, 1.82) is 0 Å². The van der Waals surface area contributed by atoms with Crippen LogP contribution in [0.2, 0.25) is 0 Å². The molecule has 0 aliphatic heterocycles. The van der Waals surface area contributed by atoms with Crippen LogP contribution in [0.25, 0.3) is 0 Å². The smallest absolute Gasteiger partial charge is 0.310 e. The first-order chi connectivity index (χ1) is 9.97. The molecule has 2 nitrogen and oxygen atoms in total. The summed E-state index contributed by atoms with van der Waals surface area (Å²) in [6.07, 6.45) is 6.85. The van der Waals surface area contributed by atoms with E-state index < -0.39 is 0 Å². The van der Waals surface area contributed by atoms with Crippen LogP contribution < -0.4 is 0 Å². The second-order valence-corrected chi connectivity index (χ2v) is 10.1. The molecule has 2 rings (SSSR count). The Morgan fingerprint density at radius 3 is 2.18 bits per heavy atom. The third kappa shape index (κ3) is 3.68. The van der Waals surface area contributed by atoms with E-state index in [4.69, 9.17) is 4.74 Å². The molecule has 0 radical (unpaired) electrons. The first-order valence-corrected chi connectivity index (χ1v) is 9.20. The number of fused-ring (bicyclic) bond motifs is 2. The summed E-state index contributed by atoms with van der Waals surface area (Å²) in [6, 6.07) is 0. The van der Waals surface area contributed by atoms with Crippen molar-refractivity contribution in [3.8, 4) is 0 Å². The predicted molar refractivity (Wildman–Crippen MR) is 91.6 cm³/mol. The summed E-state index contributed by atoms with van der Waals surface area (Å²) >= 11 is 0. The fraction of sp³-hybridized carbons (Fsp3) is 0.950. The molecule has 128 valence electrons. The van der Waals surface area contributed by atoms with E-state index in [1.54, 1.807) is 0 Å². The highest BCUT2D eigenvalue weighted by atomic mass is 16.6. The molecule has 2 aliphatic rings. The van der Waals surface area contributed by atoms with Gasteiger partial charge in [0.1, 0.15) is 5.60 Å². The number of ether oxygens (including phenoxy) is 1. The van der Waals surface area contributed by atoms with Crippen LogP contribution in [-0.4, -0.2) is 11.6 Å². The van der Waals surface area contributed by atoms with Gasteiger partial charge in [-0.05, 0) is 61.2 Å². The van der Waals surface area contributed by atoms with E-state index in [0.717, 1.165) is 25.2 Å². The predicted octanol–water partition coefficient (Wildman–Crippen LogP) is 5.60. The third-order valence-corrected chi connectivity index (χ3v) is 5.97. The van der Waals surface area contributed by atoms with Crippen LogP contribution in [-0.2, 0) is 9.53 Å². The zero-order chi connectivity index (χ0) is 16.8. The van der Waals surface area contributed by atoms with E-state index in [2.05, 4.69) is 48.5 Å². The summed E-state index contributed by atoms with van der Waals surface area (Å²) in [5.74, 6) is 1.45. The Hall–Kier alpha value is -0.530. The van der Waals surface area contributed by atoms with Gasteiger partial charge in [-0.1, -0.05) is 48.5 Å². The fourth-order valence-electron chi connectivity index (χ4n) is 4.65. The molecule has 4 unspecified atom stereocenters. The maximum atomic E-state index is 13.0. The van der Waals surface area contributed by atoms with Gasteiger partial charge in [-0.2, -0.15) is 0 Å². The quantitative estimate of drug-likeness (QED) is 0.632. The van der Waals surface area contributed by atoms with Gasteiger partial charge in [0.05, 0.1) is 5.92 Å². The molecule has 0 heterocycles. The van der Waals surface area contributed by atoms with E-state index in [0.29, 0.717) is 5.92 Å². The lowest BCUT2D eigenvalue weighted by Gasteiger charge is -2.40. The Kier molecular flexibility index (Phi) is 4.73. The minimum absolute atomic E-state index is 0.0185. The van der Waals surface area contributed by atoms with Crippen molar-refractivity contribution in [2.24, 2.45) is 28.6 Å². The zero-order valence-electron chi connectivity index (χ0n) is 15.8. The molecule has 0 spiro atoms. The Morgan fingerprint density at radius 1 is 1.18 bits per heavy atom. The lowest BCUT2D eigenvalue weighted by atomic mass is 9.72. The minimum atomic E-state index is -0.151. The maximum Gasteiger partial charge on any atom is 0.310 e. The average molecular weight is 309 g/mol. The van der Waals surface area contributed by atoms with Gasteiger partial charge in [0.15, 0.2) is 0 Å². The maximum absolute atomic E-state index is 13.0. The van der Waals surface area contributed by atoms with Crippen LogP contribution in [0.3, 0.4) is 0 Å². The van der Waals surface area contributed by atoms with Crippen LogP contribution in [0.5, 0.6) is 0 Å². The lowest BCUT2D eigenvalue weighted by Crippen LogP contribution is -2.44. The highest BCUT2D eigenvalue weighted by Crippen LogP contribution is 2.54. The molecular weight excluding hydrogens is 272 g/mol. The van der Waals surface area contributed by atoms with Gasteiger partial charge in [-0.15, -0.1) is 0 Å². The van der Waals surface area contributed by atoms with E-state index in [9.17, 15) is 4.79 Å². The van der Waals surface area contributed by atoms with Crippen molar-refractivity contribution in [2.75, 3.05) is 0 Å². The van der Waals surface area contributed by atoms with Crippen molar-refractivity contribution in [3.63, 3.8) is 0 Å². The molecule has 2 heteroatoms. The van der Waals surface area contributed by atoms with E-state index in [-0.39, 0.29) is 28.3 Å². The number of esters is 1. The Bertz CT molecular complexity index is 412. The summed E-state index contributed by atoms with van der Waals surface area (Å²) < 4.78 is 6.28. The fourth-order valence-corrected chi connectivity index (χ4v) is 4.65. The summed E-state index contributed by atoms with van der Waals surface area (Å²) in [7, 11) is 0. The van der Waals surface area contributed by atoms with E-state index in [1.807, 2.05) is 0 Å². The van der Waals surface area contributed by atoms with Gasteiger partial charge >= 0.3 is 5.97 Å². The van der Waals surface area contributed by atoms with Gasteiger partial charge in [-0.3, -0.25) is 4.79 Å². The molecule has 4 atom stereocenters. The molecular formula is C20H36O2. The highest BCUT2D eigenvalue weighted by molar-refractivity contribution is 5.74. The van der Waals surface area contributed by atoms with E-state index >= 15 is 0 Å². The monoisotopic (exact) mass is 308 g/mol. The molecule has 0 aromatic carbocycles. The second-order valence-electron chi connectivity index (χ2n) is 10.1. The first-order valence-electron chi connectivity index (χ1n) is 9.20. The molecule has 0 saturated heterocycles. The molecule has 2 saturated carbocycles. The standard InChI is InChI=1S/C20H36O2/c1-8-20(12-14-9-10-15(20)11-14)22-17(21)16(19(5,6)7)13-18(2,3)4/h14-16H,8-13H2,1-7H3. The molecule has 22 heavy (non-hydrogen) atoms. The van der Waals surface area contributed by atoms with Crippen LogP contribution in [0.4, 0.5) is 0 Å². The minimum Gasteiger partial charge on any atom is -0.459 e. The molecule has 2 fully saturated rings. The molecule has 0 amide bonds. The molecule has 0 aromatic heterocycles. The summed E-state index contributed by atoms with van der Waals surface area (Å²) in [5.41, 5.74) is -0.0523. The van der Waals surface area contributed by atoms with E-state index in [1.165, 1.54) is 19.3 Å². The molecule has 2 aliphatic carbocycles. The van der Waals surface area contributed by atoms with Crippen molar-refractivity contribution < 1.29 is 9.53 Å². The van der Waals surface area contributed by atoms with Crippen LogP contribution in [0.1, 0.15) is 87.0 Å². The number of hydrogen-bond acceptors (Lipinski definition) is 2. The number of hydrogen-bond donors (Lipinski definition) is 0. The van der Waals surface area contributed by atoms with Gasteiger partial charge in [-0.25, -0.2) is 0 Å². The van der Waals surface area contributed by atoms with Crippen LogP contribution >= 0.6 is 0 Å². The zero-order valence-corrected chi connectivity index (χ0v) is 15.8. The summed E-state index contributed by atoms with van der Waals surface area (Å²) in [6.45, 7) is 15.4. The Morgan fingerprint density at radius 2 is 1.82 bits per heavy atom. The second kappa shape index (κ2) is 5.83. The van der Waals surface area contributed by atoms with Gasteiger partial charge in [0.2, 0.25) is 0 Å². The summed E-state index contributed by atoms with van der Waals surface area (Å²) in [4.78, 5) is 13.0. The third-order valence-electron chi connectivity index (χ3n) is 5.97. The lowest BCUT2D eigenvalue weighted by molar-refractivity contribution is -0.177. The van der Waals surface area contributed by atoms with Crippen LogP contribution in [0, 0.1) is 28.6 Å². The summed E-state index contributed by atoms with van der Waals surface area (Å²) in [5, 5.41) is 0. The molecule has 0 N–H and O–H groups in total. The topological polar surface area (TPSA) is 26.3 Å². The largest absolute Gasteiger partial charge is 0.459 e. The molecule has 0 aromatic rings.